The molecule has 3 aromatic rings. The molecule has 4 aliphatic heterocycles. The van der Waals surface area contributed by atoms with Gasteiger partial charge in [-0.2, -0.15) is 0 Å². The first-order valence-corrected chi connectivity index (χ1v) is 24.2. The molecule has 14 nitrogen and oxygen atoms in total. The van der Waals surface area contributed by atoms with Crippen LogP contribution in [-0.2, 0) is 9.59 Å². The van der Waals surface area contributed by atoms with Crippen molar-refractivity contribution in [1.29, 1.82) is 0 Å². The molecule has 1 unspecified atom stereocenters. The monoisotopic (exact) mass is 874 g/mol. The average Bonchev–Trinajstić information content (AvgIpc) is 3.78. The molecule has 0 radical (unpaired) electrons. The molecule has 7 heterocycles. The van der Waals surface area contributed by atoms with Crippen molar-refractivity contribution in [2.24, 2.45) is 11.8 Å². The number of carbonyl (C=O) groups excluding carboxylic acids is 2. The maximum Gasteiger partial charge on any atom is 0.303 e. The van der Waals surface area contributed by atoms with E-state index in [9.17, 15) is 19.2 Å². The van der Waals surface area contributed by atoms with Gasteiger partial charge in [0.2, 0.25) is 0 Å². The molecule has 2 amide bonds. The molecule has 3 atom stereocenters. The van der Waals surface area contributed by atoms with E-state index in [1.165, 1.54) is 6.42 Å². The van der Waals surface area contributed by atoms with E-state index in [4.69, 9.17) is 20.2 Å². The fourth-order valence-electron chi connectivity index (χ4n) is 8.68. The number of carbonyl (C=O) groups is 4. The normalized spacial score (nSPS) is 20.5. The number of rotatable bonds is 15. The molecule has 0 spiro atoms. The van der Waals surface area contributed by atoms with E-state index in [0.29, 0.717) is 30.8 Å². The van der Waals surface area contributed by atoms with E-state index < -0.39 is 11.9 Å². The summed E-state index contributed by atoms with van der Waals surface area (Å²) < 4.78 is 0. The first-order valence-electron chi connectivity index (χ1n) is 22.2. The molecule has 0 aliphatic carbocycles. The molecule has 0 bridgehead atoms. The van der Waals surface area contributed by atoms with E-state index in [0.717, 1.165) is 129 Å². The van der Waals surface area contributed by atoms with Crippen molar-refractivity contribution in [3.8, 4) is 0 Å². The van der Waals surface area contributed by atoms with Crippen LogP contribution in [0.2, 0.25) is 0 Å². The zero-order valence-electron chi connectivity index (χ0n) is 35.8. The van der Waals surface area contributed by atoms with Gasteiger partial charge in [-0.1, -0.05) is 13.8 Å². The topological polar surface area (TPSA) is 173 Å². The summed E-state index contributed by atoms with van der Waals surface area (Å²) in [5.74, 6) is 2.65. The van der Waals surface area contributed by atoms with Gasteiger partial charge < -0.3 is 29.8 Å². The lowest BCUT2D eigenvalue weighted by Crippen LogP contribution is -2.37. The van der Waals surface area contributed by atoms with Crippen LogP contribution < -0.4 is 9.80 Å². The summed E-state index contributed by atoms with van der Waals surface area (Å²) in [6.07, 6.45) is 15.6. The number of carboxylic acids is 2. The molecule has 3 aromatic heterocycles. The Labute approximate surface area is 368 Å². The molecule has 16 heteroatoms. The number of aromatic nitrogens is 4. The number of thioether (sulfide) groups is 2. The smallest absolute Gasteiger partial charge is 0.303 e. The quantitative estimate of drug-likeness (QED) is 0.143. The third kappa shape index (κ3) is 13.0. The molecule has 61 heavy (non-hydrogen) atoms. The van der Waals surface area contributed by atoms with Crippen LogP contribution in [0.5, 0.6) is 0 Å². The summed E-state index contributed by atoms with van der Waals surface area (Å²) in [5, 5.41) is 19.9. The van der Waals surface area contributed by atoms with Gasteiger partial charge in [-0.05, 0) is 112 Å². The number of anilines is 2. The molecule has 2 N–H and O–H groups in total. The average molecular weight is 875 g/mol. The Morgan fingerprint density at radius 3 is 1.67 bits per heavy atom. The second-order valence-electron chi connectivity index (χ2n) is 16.6. The van der Waals surface area contributed by atoms with E-state index in [2.05, 4.69) is 33.6 Å². The largest absolute Gasteiger partial charge is 0.481 e. The van der Waals surface area contributed by atoms with Crippen molar-refractivity contribution in [1.82, 2.24) is 29.7 Å². The van der Waals surface area contributed by atoms with Crippen LogP contribution in [0.4, 0.5) is 11.6 Å². The Morgan fingerprint density at radius 2 is 1.18 bits per heavy atom. The number of pyridine rings is 2. The van der Waals surface area contributed by atoms with Crippen molar-refractivity contribution in [2.45, 2.75) is 107 Å². The second kappa shape index (κ2) is 23.1. The summed E-state index contributed by atoms with van der Waals surface area (Å²) in [5.41, 5.74) is 2.29. The minimum absolute atomic E-state index is 0.0152. The third-order valence-electron chi connectivity index (χ3n) is 11.8. The molecular formula is C45H62N8O6S2. The van der Waals surface area contributed by atoms with Gasteiger partial charge in [0.15, 0.2) is 0 Å². The lowest BCUT2D eigenvalue weighted by Gasteiger charge is -2.33. The molecule has 7 rings (SSSR count). The summed E-state index contributed by atoms with van der Waals surface area (Å²) >= 11 is 3.27. The van der Waals surface area contributed by atoms with Gasteiger partial charge in [0.1, 0.15) is 21.7 Å². The number of amides is 2. The molecule has 4 aliphatic rings. The number of aliphatic carboxylic acids is 2. The van der Waals surface area contributed by atoms with Gasteiger partial charge in [0.25, 0.3) is 11.8 Å². The maximum absolute atomic E-state index is 13.4. The zero-order chi connectivity index (χ0) is 43.1. The second-order valence-corrected chi connectivity index (χ2v) is 18.7. The standard InChI is InChI=1S/C24H31N5O3S.C21H31N3O3S/c1-2-12-33-23-19(24(32)29-11-7-18(16-29)20-14-25-8-9-26-20)5-6-21(27-23)28-10-3-4-17(15-28)13-22(30)31;1-2-13-28-20-17(21(27)23-10-4-3-5-11-23)8-9-18(22-20)24-12-6-7-16(15-24)14-19(25)26/h5-6,8-9,14,17-18H,2-4,7,10-13,15-16H2,1H3,(H,30,31);8-9,16H,2-7,10-15H2,1H3,(H,25,26)/t17-,18?;16-/m00/s1. The highest BCUT2D eigenvalue weighted by molar-refractivity contribution is 7.99. The Bertz CT molecular complexity index is 1940. The number of likely N-dealkylation sites (tertiary alicyclic amines) is 2. The summed E-state index contributed by atoms with van der Waals surface area (Å²) in [6.45, 7) is 10.4. The van der Waals surface area contributed by atoms with Crippen LogP contribution >= 0.6 is 23.5 Å². The number of piperidine rings is 3. The van der Waals surface area contributed by atoms with Gasteiger partial charge in [-0.15, -0.1) is 23.5 Å². The van der Waals surface area contributed by atoms with Crippen molar-refractivity contribution in [3.05, 3.63) is 59.7 Å². The maximum atomic E-state index is 13.4. The van der Waals surface area contributed by atoms with E-state index >= 15 is 0 Å². The fraction of sp³-hybridized carbons (Fsp3) is 0.600. The van der Waals surface area contributed by atoms with Gasteiger partial charge in [0.05, 0.1) is 16.8 Å². The Kier molecular flexibility index (Phi) is 17.5. The van der Waals surface area contributed by atoms with Gasteiger partial charge in [0, 0.05) is 89.7 Å². The van der Waals surface area contributed by atoms with Crippen LogP contribution in [0.1, 0.15) is 123 Å². The lowest BCUT2D eigenvalue weighted by atomic mass is 9.95. The molecule has 4 fully saturated rings. The molecule has 4 saturated heterocycles. The van der Waals surface area contributed by atoms with Crippen LogP contribution in [0.25, 0.3) is 0 Å². The lowest BCUT2D eigenvalue weighted by molar-refractivity contribution is -0.139. The number of hydrogen-bond donors (Lipinski definition) is 2. The van der Waals surface area contributed by atoms with Gasteiger partial charge in [-0.25, -0.2) is 9.97 Å². The van der Waals surface area contributed by atoms with E-state index in [-0.39, 0.29) is 42.4 Å². The number of carboxylic acid groups (broad SMARTS) is 2. The van der Waals surface area contributed by atoms with Crippen LogP contribution in [-0.4, -0.2) is 128 Å². The Balaban J connectivity index is 0.000000207. The summed E-state index contributed by atoms with van der Waals surface area (Å²) in [4.78, 5) is 75.2. The first kappa shape index (κ1) is 46.1. The Morgan fingerprint density at radius 1 is 0.639 bits per heavy atom. The minimum atomic E-state index is -0.750. The third-order valence-corrected chi connectivity index (χ3v) is 14.2. The zero-order valence-corrected chi connectivity index (χ0v) is 37.4. The Hall–Kier alpha value is -4.44. The van der Waals surface area contributed by atoms with Gasteiger partial charge >= 0.3 is 11.9 Å². The van der Waals surface area contributed by atoms with Crippen molar-refractivity contribution in [3.63, 3.8) is 0 Å². The van der Waals surface area contributed by atoms with E-state index in [1.54, 1.807) is 42.1 Å². The SMILES string of the molecule is CCCSc1nc(N2CCC[C@@H](CC(=O)O)C2)ccc1C(=O)N1CCC(c2cnccn2)C1.CCCSc1nc(N2CCC[C@@H](CC(=O)O)C2)ccc1C(=O)N1CCCCC1. The fourth-order valence-corrected chi connectivity index (χ4v) is 10.4. The van der Waals surface area contributed by atoms with Gasteiger partial charge in [-0.3, -0.25) is 29.1 Å². The highest BCUT2D eigenvalue weighted by atomic mass is 32.2. The predicted octanol–water partition coefficient (Wildman–Crippen LogP) is 7.60. The van der Waals surface area contributed by atoms with Crippen molar-refractivity contribution < 1.29 is 29.4 Å². The summed E-state index contributed by atoms with van der Waals surface area (Å²) in [6, 6.07) is 7.69. The first-order chi connectivity index (χ1) is 29.6. The van der Waals surface area contributed by atoms with Crippen LogP contribution in [0.15, 0.2) is 52.9 Å². The predicted molar refractivity (Wildman–Crippen MR) is 240 cm³/mol. The van der Waals surface area contributed by atoms with Crippen molar-refractivity contribution in [2.75, 3.05) is 73.7 Å². The number of nitrogens with zero attached hydrogens (tertiary/aromatic N) is 8. The molecule has 0 aromatic carbocycles. The van der Waals surface area contributed by atoms with Crippen LogP contribution in [0.3, 0.4) is 0 Å². The van der Waals surface area contributed by atoms with E-state index in [1.807, 2.05) is 34.1 Å². The number of hydrogen-bond acceptors (Lipinski definition) is 12. The highest BCUT2D eigenvalue weighted by Crippen LogP contribution is 2.33. The molecular weight excluding hydrogens is 813 g/mol. The van der Waals surface area contributed by atoms with Crippen LogP contribution in [0, 0.1) is 11.8 Å². The molecule has 330 valence electrons. The minimum Gasteiger partial charge on any atom is -0.481 e. The summed E-state index contributed by atoms with van der Waals surface area (Å²) in [7, 11) is 0. The molecule has 0 saturated carbocycles. The van der Waals surface area contributed by atoms with Crippen molar-refractivity contribution >= 4 is 58.9 Å². The highest BCUT2D eigenvalue weighted by Gasteiger charge is 2.32.